The minimum absolute atomic E-state index is 0.307. The Morgan fingerprint density at radius 3 is 2.67 bits per heavy atom. The first kappa shape index (κ1) is 29.8. The van der Waals surface area contributed by atoms with Crippen molar-refractivity contribution in [3.05, 3.63) is 70.3 Å². The maximum absolute atomic E-state index is 12.9. The van der Waals surface area contributed by atoms with E-state index >= 15 is 0 Å². The van der Waals surface area contributed by atoms with E-state index in [1.165, 1.54) is 21.8 Å². The highest BCUT2D eigenvalue weighted by Gasteiger charge is 2.19. The molecule has 1 aliphatic rings. The second kappa shape index (κ2) is 14.0. The summed E-state index contributed by atoms with van der Waals surface area (Å²) >= 11 is 1.79. The third-order valence-electron chi connectivity index (χ3n) is 7.79. The summed E-state index contributed by atoms with van der Waals surface area (Å²) in [4.78, 5) is 42.7. The maximum Gasteiger partial charge on any atom is 0.257 e. The predicted octanol–water partition coefficient (Wildman–Crippen LogP) is 4.08. The summed E-state index contributed by atoms with van der Waals surface area (Å²) in [6, 6.07) is 16.5. The van der Waals surface area contributed by atoms with Crippen LogP contribution in [0, 0.1) is 0 Å². The molecule has 3 heterocycles. The number of rotatable bonds is 12. The number of fused-ring (bicyclic) bond motifs is 2. The number of benzene rings is 2. The van der Waals surface area contributed by atoms with Gasteiger partial charge in [-0.1, -0.05) is 19.4 Å². The second-order valence-electron chi connectivity index (χ2n) is 10.7. The number of nitrogens with one attached hydrogen (secondary N) is 1. The molecule has 1 fully saturated rings. The molecule has 2 aromatic carbocycles. The average Bonchev–Trinajstić information content (AvgIpc) is 3.49. The summed E-state index contributed by atoms with van der Waals surface area (Å²) in [6.45, 7) is 7.34. The van der Waals surface area contributed by atoms with Crippen LogP contribution in [0.15, 0.2) is 64.8 Å². The number of ether oxygens (including phenoxy) is 1. The first-order valence-electron chi connectivity index (χ1n) is 14.7. The van der Waals surface area contributed by atoms with Gasteiger partial charge in [-0.3, -0.25) is 19.3 Å². The number of hydrogen-bond donors (Lipinski definition) is 2. The number of nitrogens with two attached hydrogens (primary N) is 1. The Kier molecular flexibility index (Phi) is 9.89. The highest BCUT2D eigenvalue weighted by molar-refractivity contribution is 7.17. The number of anilines is 1. The van der Waals surface area contributed by atoms with Crippen LogP contribution in [-0.4, -0.2) is 73.2 Å². The van der Waals surface area contributed by atoms with Crippen molar-refractivity contribution in [2.24, 2.45) is 5.73 Å². The van der Waals surface area contributed by atoms with Crippen molar-refractivity contribution >= 4 is 49.8 Å². The molecule has 3 N–H and O–H groups in total. The first-order valence-corrected chi connectivity index (χ1v) is 15.6. The van der Waals surface area contributed by atoms with Crippen LogP contribution in [0.1, 0.15) is 37.4 Å². The molecule has 0 aliphatic carbocycles. The summed E-state index contributed by atoms with van der Waals surface area (Å²) in [5.74, 6) is -0.327. The molecule has 2 aromatic heterocycles. The lowest BCUT2D eigenvalue weighted by molar-refractivity contribution is -0.122. The first-order chi connectivity index (χ1) is 20.4. The van der Waals surface area contributed by atoms with Crippen LogP contribution < -0.4 is 26.2 Å². The Morgan fingerprint density at radius 2 is 1.86 bits per heavy atom. The molecule has 0 radical (unpaired) electrons. The van der Waals surface area contributed by atoms with Gasteiger partial charge in [0.05, 0.1) is 24.7 Å². The second-order valence-corrected chi connectivity index (χ2v) is 11.7. The lowest BCUT2D eigenvalue weighted by Gasteiger charge is -2.36. The summed E-state index contributed by atoms with van der Waals surface area (Å²) in [5, 5.41) is 6.80. The van der Waals surface area contributed by atoms with Gasteiger partial charge in [0.1, 0.15) is 5.75 Å². The summed E-state index contributed by atoms with van der Waals surface area (Å²) < 4.78 is 8.43. The molecule has 1 amide bonds. The number of pyridine rings is 1. The molecule has 10 heteroatoms. The maximum atomic E-state index is 12.9. The van der Waals surface area contributed by atoms with Crippen LogP contribution in [0.25, 0.3) is 21.0 Å². The van der Waals surface area contributed by atoms with Crippen molar-refractivity contribution < 1.29 is 14.3 Å². The standard InChI is InChI=1S/C32H39N5O4S/c1-2-6-26(33)32(40)34-22-31(39)37-28-21-24(11-9-23(28)10-12-30(37)38)41-19-4-3-14-35-15-17-36(18-16-35)27-7-5-8-29-25(27)13-20-42-29/h5,7-13,20-21,26H,2-4,6,14-19,22,33H2,1H3,(H,34,40). The molecule has 1 unspecified atom stereocenters. The van der Waals surface area contributed by atoms with Crippen molar-refractivity contribution in [1.82, 2.24) is 14.8 Å². The summed E-state index contributed by atoms with van der Waals surface area (Å²) in [6.07, 6.45) is 3.21. The molecule has 0 spiro atoms. The van der Waals surface area contributed by atoms with Gasteiger partial charge in [0, 0.05) is 54.1 Å². The van der Waals surface area contributed by atoms with E-state index in [0.717, 1.165) is 61.9 Å². The minimum Gasteiger partial charge on any atom is -0.494 e. The minimum atomic E-state index is -0.677. The molecule has 0 bridgehead atoms. The van der Waals surface area contributed by atoms with Gasteiger partial charge in [-0.25, -0.2) is 4.57 Å². The van der Waals surface area contributed by atoms with Gasteiger partial charge < -0.3 is 20.7 Å². The van der Waals surface area contributed by atoms with Crippen LogP contribution >= 0.6 is 11.3 Å². The zero-order valence-electron chi connectivity index (χ0n) is 24.1. The number of thiophene rings is 1. The van der Waals surface area contributed by atoms with Gasteiger partial charge in [-0.2, -0.15) is 0 Å². The fourth-order valence-electron chi connectivity index (χ4n) is 5.47. The zero-order chi connectivity index (χ0) is 29.5. The Bertz CT molecular complexity index is 1590. The van der Waals surface area contributed by atoms with Crippen LogP contribution in [-0.2, 0) is 4.79 Å². The number of carbonyl (C=O) groups excluding carboxylic acids is 2. The monoisotopic (exact) mass is 589 g/mol. The van der Waals surface area contributed by atoms with Crippen LogP contribution in [0.5, 0.6) is 5.75 Å². The van der Waals surface area contributed by atoms with Crippen LogP contribution in [0.2, 0.25) is 0 Å². The molecule has 1 saturated heterocycles. The molecule has 4 aromatic rings. The zero-order valence-corrected chi connectivity index (χ0v) is 24.9. The van der Waals surface area contributed by atoms with Gasteiger partial charge in [0.15, 0.2) is 0 Å². The Balaban J connectivity index is 1.10. The lowest BCUT2D eigenvalue weighted by atomic mass is 10.1. The Morgan fingerprint density at radius 1 is 1.05 bits per heavy atom. The highest BCUT2D eigenvalue weighted by atomic mass is 32.1. The molecule has 222 valence electrons. The Labute approximate surface area is 249 Å². The van der Waals surface area contributed by atoms with Gasteiger partial charge in [0.25, 0.3) is 11.5 Å². The van der Waals surface area contributed by atoms with Gasteiger partial charge in [-0.15, -0.1) is 11.3 Å². The molecule has 0 saturated carbocycles. The highest BCUT2D eigenvalue weighted by Crippen LogP contribution is 2.31. The van der Waals surface area contributed by atoms with E-state index in [1.807, 2.05) is 19.1 Å². The van der Waals surface area contributed by atoms with E-state index in [2.05, 4.69) is 44.8 Å². The largest absolute Gasteiger partial charge is 0.494 e. The number of nitrogens with zero attached hydrogens (tertiary/aromatic N) is 3. The van der Waals surface area contributed by atoms with Gasteiger partial charge in [-0.05, 0) is 73.0 Å². The van der Waals surface area contributed by atoms with Crippen molar-refractivity contribution in [1.29, 1.82) is 0 Å². The van der Waals surface area contributed by atoms with E-state index < -0.39 is 23.4 Å². The molecular formula is C32H39N5O4S. The van der Waals surface area contributed by atoms with E-state index in [9.17, 15) is 14.4 Å². The number of carbonyl (C=O) groups is 2. The fraction of sp³-hybridized carbons (Fsp3) is 0.406. The van der Waals surface area contributed by atoms with E-state index in [-0.39, 0.29) is 6.54 Å². The molecule has 1 aliphatic heterocycles. The fourth-order valence-corrected chi connectivity index (χ4v) is 6.28. The predicted molar refractivity (Wildman–Crippen MR) is 170 cm³/mol. The average molecular weight is 590 g/mol. The number of piperazine rings is 1. The van der Waals surface area contributed by atoms with Gasteiger partial charge in [0.2, 0.25) is 5.91 Å². The van der Waals surface area contributed by atoms with Crippen LogP contribution in [0.4, 0.5) is 5.69 Å². The third-order valence-corrected chi connectivity index (χ3v) is 8.67. The summed E-state index contributed by atoms with van der Waals surface area (Å²) in [7, 11) is 0. The molecule has 5 rings (SSSR count). The van der Waals surface area contributed by atoms with Crippen molar-refractivity contribution in [2.75, 3.05) is 50.8 Å². The molecule has 9 nitrogen and oxygen atoms in total. The van der Waals surface area contributed by atoms with E-state index in [0.29, 0.717) is 24.3 Å². The number of aromatic nitrogens is 1. The quantitative estimate of drug-likeness (QED) is 0.240. The van der Waals surface area contributed by atoms with Crippen molar-refractivity contribution in [3.8, 4) is 5.75 Å². The number of amides is 1. The van der Waals surface area contributed by atoms with Gasteiger partial charge >= 0.3 is 0 Å². The van der Waals surface area contributed by atoms with Crippen molar-refractivity contribution in [2.45, 2.75) is 38.6 Å². The molecule has 1 atom stereocenters. The number of hydrogen-bond acceptors (Lipinski definition) is 8. The molecular weight excluding hydrogens is 550 g/mol. The SMILES string of the molecule is CCCC(N)C(=O)NCC(=O)n1c(=O)ccc2ccc(OCCCCN3CCN(c4cccc5sccc45)CC3)cc21. The molecule has 42 heavy (non-hydrogen) atoms. The normalized spacial score (nSPS) is 14.8. The number of unbranched alkanes of at least 4 members (excludes halogenated alkanes) is 1. The Hall–Kier alpha value is -3.73. The van der Waals surface area contributed by atoms with Crippen LogP contribution in [0.3, 0.4) is 0 Å². The third kappa shape index (κ3) is 7.00. The lowest BCUT2D eigenvalue weighted by Crippen LogP contribution is -2.46. The van der Waals surface area contributed by atoms with E-state index in [4.69, 9.17) is 10.5 Å². The topological polar surface area (TPSA) is 110 Å². The smallest absolute Gasteiger partial charge is 0.257 e. The van der Waals surface area contributed by atoms with E-state index in [1.54, 1.807) is 23.5 Å². The van der Waals surface area contributed by atoms with Crippen molar-refractivity contribution in [3.63, 3.8) is 0 Å². The summed E-state index contributed by atoms with van der Waals surface area (Å²) in [5.41, 5.74) is 7.17.